The highest BCUT2D eigenvalue weighted by Crippen LogP contribution is 2.31. The number of anilines is 2. The maximum absolute atomic E-state index is 14.0. The molecular formula is C26H37F2N5OS. The molecular weight excluding hydrogens is 468 g/mol. The van der Waals surface area contributed by atoms with Gasteiger partial charge in [-0.05, 0) is 62.3 Å². The molecule has 0 spiro atoms. The number of nitrogens with zero attached hydrogens (tertiary/aromatic N) is 1. The van der Waals surface area contributed by atoms with Crippen molar-refractivity contribution in [2.75, 3.05) is 43.0 Å². The minimum Gasteiger partial charge on any atom is -0.400 e. The van der Waals surface area contributed by atoms with E-state index in [0.29, 0.717) is 10.7 Å². The molecule has 0 amide bonds. The summed E-state index contributed by atoms with van der Waals surface area (Å²) < 4.78 is 26.5. The standard InChI is InChI=1S/C26H37F2N5OS/c1-5-19(2)25(31-23-10-12-24(13-11-23)33-16-14-30-15-17-33)35-26(21(4)29)32-34-18-22(28)9-7-6-8-20(3)27/h6-13,22,30-32H,3,5,14-18,29H2,1-2,4H3/b8-6-,9-7+,25-19+,26-21+. The number of hydrogen-bond acceptors (Lipinski definition) is 7. The summed E-state index contributed by atoms with van der Waals surface area (Å²) in [7, 11) is 0. The number of halogens is 2. The van der Waals surface area contributed by atoms with Gasteiger partial charge in [-0.2, -0.15) is 0 Å². The van der Waals surface area contributed by atoms with Crippen molar-refractivity contribution >= 4 is 23.1 Å². The molecule has 1 aliphatic heterocycles. The summed E-state index contributed by atoms with van der Waals surface area (Å²) in [6.07, 6.45) is 4.67. The second-order valence-corrected chi connectivity index (χ2v) is 9.13. The highest BCUT2D eigenvalue weighted by Gasteiger charge is 2.13. The predicted molar refractivity (Wildman–Crippen MR) is 145 cm³/mol. The fourth-order valence-corrected chi connectivity index (χ4v) is 4.01. The number of alkyl halides is 1. The molecule has 192 valence electrons. The van der Waals surface area contributed by atoms with Crippen molar-refractivity contribution in [1.82, 2.24) is 10.8 Å². The van der Waals surface area contributed by atoms with Crippen molar-refractivity contribution in [3.05, 3.63) is 82.3 Å². The summed E-state index contributed by atoms with van der Waals surface area (Å²) in [6.45, 7) is 12.7. The predicted octanol–water partition coefficient (Wildman–Crippen LogP) is 5.49. The van der Waals surface area contributed by atoms with Crippen LogP contribution in [0.25, 0.3) is 0 Å². The zero-order chi connectivity index (χ0) is 25.6. The summed E-state index contributed by atoms with van der Waals surface area (Å²) in [5, 5.41) is 8.35. The summed E-state index contributed by atoms with van der Waals surface area (Å²) in [6, 6.07) is 8.38. The molecule has 1 atom stereocenters. The molecule has 6 nitrogen and oxygen atoms in total. The number of piperazine rings is 1. The lowest BCUT2D eigenvalue weighted by molar-refractivity contribution is 0.0407. The Morgan fingerprint density at radius 2 is 1.91 bits per heavy atom. The maximum atomic E-state index is 14.0. The smallest absolute Gasteiger partial charge is 0.144 e. The van der Waals surface area contributed by atoms with E-state index in [1.54, 1.807) is 6.92 Å². The van der Waals surface area contributed by atoms with E-state index in [9.17, 15) is 8.78 Å². The van der Waals surface area contributed by atoms with Gasteiger partial charge in [0.1, 0.15) is 23.6 Å². The van der Waals surface area contributed by atoms with Crippen LogP contribution < -0.4 is 26.7 Å². The molecule has 5 N–H and O–H groups in total. The van der Waals surface area contributed by atoms with Gasteiger partial charge in [0.2, 0.25) is 0 Å². The number of rotatable bonds is 13. The average molecular weight is 506 g/mol. The minimum absolute atomic E-state index is 0.231. The van der Waals surface area contributed by atoms with Gasteiger partial charge in [-0.1, -0.05) is 37.4 Å². The molecule has 1 heterocycles. The van der Waals surface area contributed by atoms with Gasteiger partial charge in [0.15, 0.2) is 0 Å². The van der Waals surface area contributed by atoms with Gasteiger partial charge in [-0.25, -0.2) is 8.78 Å². The Balaban J connectivity index is 1.97. The van der Waals surface area contributed by atoms with Crippen molar-refractivity contribution in [2.45, 2.75) is 33.4 Å². The summed E-state index contributed by atoms with van der Waals surface area (Å²) in [5.41, 5.74) is 12.7. The van der Waals surface area contributed by atoms with E-state index >= 15 is 0 Å². The van der Waals surface area contributed by atoms with Crippen LogP contribution in [0.4, 0.5) is 20.2 Å². The van der Waals surface area contributed by atoms with E-state index in [1.807, 2.05) is 0 Å². The number of nitrogens with two attached hydrogens (primary N) is 1. The molecule has 0 radical (unpaired) electrons. The fraction of sp³-hybridized carbons (Fsp3) is 0.385. The molecule has 9 heteroatoms. The van der Waals surface area contributed by atoms with Gasteiger partial charge in [-0.15, -0.1) is 0 Å². The van der Waals surface area contributed by atoms with Crippen molar-refractivity contribution in [3.63, 3.8) is 0 Å². The van der Waals surface area contributed by atoms with Crippen LogP contribution in [0.2, 0.25) is 0 Å². The van der Waals surface area contributed by atoms with Crippen LogP contribution in [0, 0.1) is 0 Å². The monoisotopic (exact) mass is 505 g/mol. The third-order valence-corrected chi connectivity index (χ3v) is 6.47. The van der Waals surface area contributed by atoms with Gasteiger partial charge in [0.05, 0.1) is 5.03 Å². The second-order valence-electron chi connectivity index (χ2n) is 8.11. The van der Waals surface area contributed by atoms with Crippen LogP contribution in [0.5, 0.6) is 0 Å². The molecule has 1 aliphatic rings. The second kappa shape index (κ2) is 15.3. The Bertz CT molecular complexity index is 934. The SMILES string of the molecule is C=C(F)/C=C\C=C\C(F)CON/C(S/C(Nc1ccc(N2CCNCC2)cc1)=C(\C)CC)=C(/C)N. The van der Waals surface area contributed by atoms with E-state index in [0.717, 1.165) is 55.0 Å². The first-order chi connectivity index (χ1) is 16.8. The van der Waals surface area contributed by atoms with E-state index < -0.39 is 12.0 Å². The first-order valence-corrected chi connectivity index (χ1v) is 12.5. The lowest BCUT2D eigenvalue weighted by Gasteiger charge is -2.29. The minimum atomic E-state index is -1.37. The molecule has 1 saturated heterocycles. The number of nitrogens with one attached hydrogen (secondary N) is 3. The third kappa shape index (κ3) is 10.6. The number of benzene rings is 1. The Morgan fingerprint density at radius 3 is 2.51 bits per heavy atom. The van der Waals surface area contributed by atoms with Crippen LogP contribution in [0.1, 0.15) is 27.2 Å². The Hall–Kier alpha value is -2.75. The largest absolute Gasteiger partial charge is 0.400 e. The molecule has 0 saturated carbocycles. The summed E-state index contributed by atoms with van der Waals surface area (Å²) in [4.78, 5) is 7.70. The maximum Gasteiger partial charge on any atom is 0.144 e. The molecule has 1 aromatic carbocycles. The third-order valence-electron chi connectivity index (χ3n) is 5.20. The zero-order valence-corrected chi connectivity index (χ0v) is 21.6. The van der Waals surface area contributed by atoms with Crippen LogP contribution in [-0.4, -0.2) is 39.0 Å². The number of allylic oxidation sites excluding steroid dienone is 6. The number of hydroxylamine groups is 1. The van der Waals surface area contributed by atoms with Crippen LogP contribution in [-0.2, 0) is 4.84 Å². The van der Waals surface area contributed by atoms with E-state index in [1.165, 1.54) is 35.7 Å². The van der Waals surface area contributed by atoms with Gasteiger partial charge < -0.3 is 21.3 Å². The van der Waals surface area contributed by atoms with Crippen molar-refractivity contribution < 1.29 is 13.6 Å². The molecule has 1 unspecified atom stereocenters. The average Bonchev–Trinajstić information content (AvgIpc) is 2.85. The Kier molecular flexibility index (Phi) is 12.4. The topological polar surface area (TPSA) is 74.6 Å². The molecule has 0 bridgehead atoms. The molecule has 0 aliphatic carbocycles. The highest BCUT2D eigenvalue weighted by molar-refractivity contribution is 8.06. The van der Waals surface area contributed by atoms with Crippen molar-refractivity contribution in [3.8, 4) is 0 Å². The van der Waals surface area contributed by atoms with E-state index in [-0.39, 0.29) is 6.61 Å². The van der Waals surface area contributed by atoms with Gasteiger partial charge >= 0.3 is 0 Å². The first kappa shape index (κ1) is 28.5. The lowest BCUT2D eigenvalue weighted by atomic mass is 10.2. The number of thioether (sulfide) groups is 1. The van der Waals surface area contributed by atoms with Crippen LogP contribution >= 0.6 is 11.8 Å². The van der Waals surface area contributed by atoms with E-state index in [2.05, 4.69) is 65.7 Å². The molecule has 35 heavy (non-hydrogen) atoms. The fourth-order valence-electron chi connectivity index (χ4n) is 3.06. The van der Waals surface area contributed by atoms with Crippen LogP contribution in [0.3, 0.4) is 0 Å². The summed E-state index contributed by atoms with van der Waals surface area (Å²) in [5.74, 6) is -0.594. The molecule has 2 rings (SSSR count). The van der Waals surface area contributed by atoms with Crippen molar-refractivity contribution in [1.29, 1.82) is 0 Å². The van der Waals surface area contributed by atoms with Gasteiger partial charge in [0, 0.05) is 43.3 Å². The van der Waals surface area contributed by atoms with Crippen LogP contribution in [0.15, 0.2) is 82.3 Å². The Morgan fingerprint density at radius 1 is 1.23 bits per heavy atom. The normalized spacial score (nSPS) is 16.8. The van der Waals surface area contributed by atoms with Crippen molar-refractivity contribution in [2.24, 2.45) is 5.73 Å². The first-order valence-electron chi connectivity index (χ1n) is 11.7. The number of hydrogen-bond donors (Lipinski definition) is 4. The highest BCUT2D eigenvalue weighted by atomic mass is 32.2. The molecule has 0 aromatic heterocycles. The Labute approximate surface area is 212 Å². The van der Waals surface area contributed by atoms with E-state index in [4.69, 9.17) is 10.6 Å². The lowest BCUT2D eigenvalue weighted by Crippen LogP contribution is -2.43. The zero-order valence-electron chi connectivity index (χ0n) is 20.7. The quantitative estimate of drug-likeness (QED) is 0.209. The molecule has 1 fully saturated rings. The van der Waals surface area contributed by atoms with Gasteiger partial charge in [-0.3, -0.25) is 10.3 Å². The summed E-state index contributed by atoms with van der Waals surface area (Å²) >= 11 is 1.40. The molecule has 1 aromatic rings. The van der Waals surface area contributed by atoms with Gasteiger partial charge in [0.25, 0.3) is 0 Å².